The quantitative estimate of drug-likeness (QED) is 0.164. The van der Waals surface area contributed by atoms with Crippen molar-refractivity contribution >= 4 is 46.2 Å². The Kier molecular flexibility index (Phi) is 17.9. The lowest BCUT2D eigenvalue weighted by atomic mass is 9.91. The highest BCUT2D eigenvalue weighted by molar-refractivity contribution is 7.09. The minimum absolute atomic E-state index is 0.534. The highest BCUT2D eigenvalue weighted by Crippen LogP contribution is 2.34. The van der Waals surface area contributed by atoms with Crippen LogP contribution in [0.25, 0.3) is 11.0 Å². The number of nitriles is 1. The van der Waals surface area contributed by atoms with Crippen molar-refractivity contribution in [3.8, 4) is 11.8 Å². The first-order valence-electron chi connectivity index (χ1n) is 15.8. The normalized spacial score (nSPS) is 14.4. The molecule has 15 nitrogen and oxygen atoms in total. The average Bonchev–Trinajstić information content (AvgIpc) is 3.64. The third-order valence-electron chi connectivity index (χ3n) is 7.34. The third kappa shape index (κ3) is 15.9. The van der Waals surface area contributed by atoms with Crippen LogP contribution in [0.15, 0.2) is 46.3 Å². The summed E-state index contributed by atoms with van der Waals surface area (Å²) in [6.45, 7) is 5.92. The Bertz CT molecular complexity index is 1600. The van der Waals surface area contributed by atoms with E-state index in [1.807, 2.05) is 19.5 Å². The van der Waals surface area contributed by atoms with Gasteiger partial charge in [-0.2, -0.15) is 5.26 Å². The number of carboxylic acid groups (broad SMARTS) is 4. The summed E-state index contributed by atoms with van der Waals surface area (Å²) in [4.78, 5) is 45.0. The van der Waals surface area contributed by atoms with Crippen LogP contribution >= 0.6 is 11.3 Å². The number of benzene rings is 1. The van der Waals surface area contributed by atoms with E-state index in [9.17, 15) is 19.2 Å². The van der Waals surface area contributed by atoms with Crippen LogP contribution < -0.4 is 10.1 Å². The molecule has 2 fully saturated rings. The molecule has 5 rings (SSSR count). The highest BCUT2D eigenvalue weighted by atomic mass is 32.1. The lowest BCUT2D eigenvalue weighted by molar-refractivity contribution is -0.134. The molecular formula is C34H43N5O10S. The van der Waals surface area contributed by atoms with Crippen LogP contribution in [-0.2, 0) is 32.1 Å². The standard InChI is InChI=1S/C24H28N4O2S.2C4H4O4.C2H7N/c1-16-22(29-14-18-2-3-18)7-5-20-21(27-30-24(16)20)6-4-17-8-10-28(11-9-17)13-23-26-19(12-25)15-31-23;2*5-3(6)1-2-4(7)8;1-3-2/h5,7,15,17-18H,2-4,6,8-11,13-14H2,1H3;2*1-2H,(H,5,6)(H,7,8);3H,1-2H3. The first kappa shape index (κ1) is 41.1. The molecule has 3 heterocycles. The fourth-order valence-electron chi connectivity index (χ4n) is 4.68. The van der Waals surface area contributed by atoms with Crippen LogP contribution in [-0.4, -0.2) is 93.1 Å². The second-order valence-electron chi connectivity index (χ2n) is 11.5. The Hall–Kier alpha value is -5.11. The summed E-state index contributed by atoms with van der Waals surface area (Å²) in [7, 11) is 3.75. The SMILES string of the molecule is CNC.Cc1c(OCC2CC2)ccc2c(CCC3CCN(Cc4nc(C#N)cs4)CC3)noc12.O=C(O)C=CC(=O)O.O=C(O)C=CC(=O)O. The molecule has 1 aromatic carbocycles. The summed E-state index contributed by atoms with van der Waals surface area (Å²) in [6, 6.07) is 6.31. The number of carbonyl (C=O) groups is 4. The van der Waals surface area contributed by atoms with Gasteiger partial charge < -0.3 is 35.0 Å². The summed E-state index contributed by atoms with van der Waals surface area (Å²) < 4.78 is 11.7. The molecule has 5 N–H and O–H groups in total. The van der Waals surface area contributed by atoms with Crippen molar-refractivity contribution in [2.45, 2.75) is 52.0 Å². The van der Waals surface area contributed by atoms with E-state index in [0.29, 0.717) is 30.0 Å². The molecule has 2 aromatic heterocycles. The molecule has 270 valence electrons. The Labute approximate surface area is 293 Å². The van der Waals surface area contributed by atoms with Gasteiger partial charge in [0.15, 0.2) is 11.3 Å². The number of piperidine rings is 1. The number of ether oxygens (including phenoxy) is 1. The Balaban J connectivity index is 0.000000377. The number of carboxylic acids is 4. The number of fused-ring (bicyclic) bond motifs is 1. The Morgan fingerprint density at radius 1 is 0.980 bits per heavy atom. The summed E-state index contributed by atoms with van der Waals surface area (Å²) >= 11 is 1.58. The van der Waals surface area contributed by atoms with Gasteiger partial charge >= 0.3 is 23.9 Å². The molecule has 1 aliphatic heterocycles. The van der Waals surface area contributed by atoms with E-state index in [0.717, 1.165) is 83.9 Å². The van der Waals surface area contributed by atoms with Crippen molar-refractivity contribution in [3.63, 3.8) is 0 Å². The molecule has 0 amide bonds. The molecule has 0 unspecified atom stereocenters. The zero-order valence-corrected chi connectivity index (χ0v) is 29.0. The number of aryl methyl sites for hydroxylation is 2. The van der Waals surface area contributed by atoms with Crippen LogP contribution in [0.4, 0.5) is 0 Å². The molecule has 0 atom stereocenters. The van der Waals surface area contributed by atoms with Gasteiger partial charge in [0.1, 0.15) is 16.8 Å². The van der Waals surface area contributed by atoms with Crippen LogP contribution in [0.2, 0.25) is 0 Å². The van der Waals surface area contributed by atoms with E-state index in [2.05, 4.69) is 45.5 Å². The fraction of sp³-hybridized carbons (Fsp3) is 0.441. The topological polar surface area (TPSA) is 236 Å². The molecule has 0 radical (unpaired) electrons. The molecule has 50 heavy (non-hydrogen) atoms. The van der Waals surface area contributed by atoms with Crippen molar-refractivity contribution in [2.75, 3.05) is 33.8 Å². The van der Waals surface area contributed by atoms with Crippen molar-refractivity contribution in [1.29, 1.82) is 5.26 Å². The summed E-state index contributed by atoms with van der Waals surface area (Å²) in [5, 5.41) is 51.3. The summed E-state index contributed by atoms with van der Waals surface area (Å²) in [5.74, 6) is -2.64. The molecular weight excluding hydrogens is 670 g/mol. The van der Waals surface area contributed by atoms with Crippen molar-refractivity contribution < 1.29 is 48.9 Å². The minimum atomic E-state index is -1.26. The molecule has 1 saturated heterocycles. The van der Waals surface area contributed by atoms with Crippen LogP contribution in [0.5, 0.6) is 5.75 Å². The van der Waals surface area contributed by atoms with E-state index in [4.69, 9.17) is 34.9 Å². The molecule has 2 aliphatic rings. The minimum Gasteiger partial charge on any atom is -0.493 e. The number of rotatable bonds is 12. The Morgan fingerprint density at radius 3 is 2.02 bits per heavy atom. The number of nitrogens with zero attached hydrogens (tertiary/aromatic N) is 4. The van der Waals surface area contributed by atoms with E-state index < -0.39 is 23.9 Å². The maximum atomic E-state index is 9.55. The van der Waals surface area contributed by atoms with E-state index in [1.165, 1.54) is 25.7 Å². The third-order valence-corrected chi connectivity index (χ3v) is 8.18. The van der Waals surface area contributed by atoms with Crippen LogP contribution in [0.3, 0.4) is 0 Å². The zero-order chi connectivity index (χ0) is 37.1. The van der Waals surface area contributed by atoms with Crippen molar-refractivity contribution in [3.05, 3.63) is 63.8 Å². The highest BCUT2D eigenvalue weighted by Gasteiger charge is 2.24. The van der Waals surface area contributed by atoms with Gasteiger partial charge in [-0.15, -0.1) is 11.3 Å². The van der Waals surface area contributed by atoms with E-state index >= 15 is 0 Å². The van der Waals surface area contributed by atoms with E-state index in [1.54, 1.807) is 11.3 Å². The van der Waals surface area contributed by atoms with Crippen LogP contribution in [0, 0.1) is 30.1 Å². The van der Waals surface area contributed by atoms with Gasteiger partial charge in [0.2, 0.25) is 0 Å². The van der Waals surface area contributed by atoms with Gasteiger partial charge in [0, 0.05) is 40.6 Å². The smallest absolute Gasteiger partial charge is 0.328 e. The molecule has 16 heteroatoms. The number of aliphatic carboxylic acids is 4. The summed E-state index contributed by atoms with van der Waals surface area (Å²) in [6.07, 6.45) is 9.31. The van der Waals surface area contributed by atoms with Gasteiger partial charge in [-0.05, 0) is 96.6 Å². The number of aromatic nitrogens is 2. The fourth-order valence-corrected chi connectivity index (χ4v) is 5.44. The lowest BCUT2D eigenvalue weighted by Crippen LogP contribution is -2.33. The van der Waals surface area contributed by atoms with Gasteiger partial charge in [-0.3, -0.25) is 4.90 Å². The lowest BCUT2D eigenvalue weighted by Gasteiger charge is -2.31. The van der Waals surface area contributed by atoms with Gasteiger partial charge in [0.25, 0.3) is 0 Å². The van der Waals surface area contributed by atoms with Gasteiger partial charge in [-0.25, -0.2) is 24.2 Å². The number of likely N-dealkylation sites (tertiary alicyclic amines) is 1. The van der Waals surface area contributed by atoms with Crippen LogP contribution in [0.1, 0.15) is 54.1 Å². The second-order valence-corrected chi connectivity index (χ2v) is 12.4. The predicted octanol–water partition coefficient (Wildman–Crippen LogP) is 4.36. The number of nitrogens with one attached hydrogen (secondary N) is 1. The summed E-state index contributed by atoms with van der Waals surface area (Å²) in [5.41, 5.74) is 3.54. The van der Waals surface area contributed by atoms with Crippen molar-refractivity contribution in [1.82, 2.24) is 20.4 Å². The van der Waals surface area contributed by atoms with Crippen molar-refractivity contribution in [2.24, 2.45) is 11.8 Å². The predicted molar refractivity (Wildman–Crippen MR) is 184 cm³/mol. The first-order chi connectivity index (χ1) is 23.9. The number of hydrogen-bond acceptors (Lipinski definition) is 12. The number of thiazole rings is 1. The molecule has 3 aromatic rings. The molecule has 1 aliphatic carbocycles. The largest absolute Gasteiger partial charge is 0.493 e. The Morgan fingerprint density at radius 2 is 1.54 bits per heavy atom. The second kappa shape index (κ2) is 21.8. The monoisotopic (exact) mass is 713 g/mol. The molecule has 0 bridgehead atoms. The average molecular weight is 714 g/mol. The maximum absolute atomic E-state index is 9.55. The zero-order valence-electron chi connectivity index (χ0n) is 28.2. The first-order valence-corrected chi connectivity index (χ1v) is 16.7. The van der Waals surface area contributed by atoms with Gasteiger partial charge in [0.05, 0.1) is 18.8 Å². The number of hydrogen-bond donors (Lipinski definition) is 5. The van der Waals surface area contributed by atoms with Gasteiger partial charge in [-0.1, -0.05) is 5.16 Å². The van der Waals surface area contributed by atoms with E-state index in [-0.39, 0.29) is 0 Å². The molecule has 0 spiro atoms. The molecule has 1 saturated carbocycles. The maximum Gasteiger partial charge on any atom is 0.328 e.